The highest BCUT2D eigenvalue weighted by molar-refractivity contribution is 7.99. The Bertz CT molecular complexity index is 416. The van der Waals surface area contributed by atoms with Crippen molar-refractivity contribution < 1.29 is 13.6 Å². The van der Waals surface area contributed by atoms with Crippen molar-refractivity contribution in [3.8, 4) is 0 Å². The third-order valence-electron chi connectivity index (χ3n) is 2.26. The maximum absolute atomic E-state index is 13.5. The highest BCUT2D eigenvalue weighted by Crippen LogP contribution is 2.18. The molecule has 1 aromatic carbocycles. The second kappa shape index (κ2) is 6.15. The normalized spacial score (nSPS) is 10.9. The van der Waals surface area contributed by atoms with Gasteiger partial charge in [0.2, 0.25) is 0 Å². The number of thioether (sulfide) groups is 1. The van der Waals surface area contributed by atoms with Gasteiger partial charge in [-0.1, -0.05) is 19.9 Å². The molecule has 94 valence electrons. The number of hydrogen-bond donors (Lipinski definition) is 0. The molecule has 0 radical (unpaired) electrons. The SMILES string of the molecule is Cc1ccc(C(=O)CSCC(C)C)c(F)c1F. The Labute approximate surface area is 105 Å². The number of hydrogen-bond acceptors (Lipinski definition) is 2. The van der Waals surface area contributed by atoms with Crippen LogP contribution in [-0.4, -0.2) is 17.3 Å². The molecule has 0 unspecified atom stereocenters. The summed E-state index contributed by atoms with van der Waals surface area (Å²) in [4.78, 5) is 11.7. The minimum absolute atomic E-state index is 0.149. The molecule has 0 atom stereocenters. The molecular weight excluding hydrogens is 242 g/mol. The number of Topliss-reactive ketones (excluding diaryl/α,β-unsaturated/α-hetero) is 1. The van der Waals surface area contributed by atoms with Crippen molar-refractivity contribution in [1.82, 2.24) is 0 Å². The lowest BCUT2D eigenvalue weighted by Crippen LogP contribution is -2.09. The van der Waals surface area contributed by atoms with Gasteiger partial charge in [-0.25, -0.2) is 8.78 Å². The van der Waals surface area contributed by atoms with Gasteiger partial charge in [-0.2, -0.15) is 11.8 Å². The quantitative estimate of drug-likeness (QED) is 0.746. The van der Waals surface area contributed by atoms with Gasteiger partial charge in [0.25, 0.3) is 0 Å². The molecule has 0 aliphatic heterocycles. The summed E-state index contributed by atoms with van der Waals surface area (Å²) in [6.45, 7) is 5.56. The summed E-state index contributed by atoms with van der Waals surface area (Å²) < 4.78 is 26.8. The highest BCUT2D eigenvalue weighted by atomic mass is 32.2. The molecule has 0 N–H and O–H groups in total. The molecule has 0 spiro atoms. The molecular formula is C13H16F2OS. The number of aryl methyl sites for hydroxylation is 1. The van der Waals surface area contributed by atoms with Crippen molar-refractivity contribution in [2.24, 2.45) is 5.92 Å². The molecule has 0 aromatic heterocycles. The van der Waals surface area contributed by atoms with E-state index >= 15 is 0 Å². The Morgan fingerprint density at radius 1 is 1.29 bits per heavy atom. The molecule has 0 heterocycles. The van der Waals surface area contributed by atoms with Crippen molar-refractivity contribution in [1.29, 1.82) is 0 Å². The lowest BCUT2D eigenvalue weighted by Gasteiger charge is -2.06. The Morgan fingerprint density at radius 3 is 2.53 bits per heavy atom. The fraction of sp³-hybridized carbons (Fsp3) is 0.462. The number of carbonyl (C=O) groups excluding carboxylic acids is 1. The van der Waals surface area contributed by atoms with E-state index in [1.807, 2.05) is 13.8 Å². The minimum atomic E-state index is -1.03. The number of halogens is 2. The first-order chi connectivity index (χ1) is 7.93. The number of benzene rings is 1. The largest absolute Gasteiger partial charge is 0.293 e. The Kier molecular flexibility index (Phi) is 5.12. The van der Waals surface area contributed by atoms with Gasteiger partial charge >= 0.3 is 0 Å². The highest BCUT2D eigenvalue weighted by Gasteiger charge is 2.16. The molecule has 0 fully saturated rings. The predicted octanol–water partition coefficient (Wildman–Crippen LogP) is 3.85. The second-order valence-corrected chi connectivity index (χ2v) is 5.42. The van der Waals surface area contributed by atoms with Gasteiger partial charge in [-0.05, 0) is 30.2 Å². The standard InChI is InChI=1S/C13H16F2OS/c1-8(2)6-17-7-11(16)10-5-4-9(3)12(14)13(10)15/h4-5,8H,6-7H2,1-3H3. The van der Waals surface area contributed by atoms with E-state index in [4.69, 9.17) is 0 Å². The summed E-state index contributed by atoms with van der Waals surface area (Å²) in [5.41, 5.74) is 0.0678. The van der Waals surface area contributed by atoms with Crippen LogP contribution in [-0.2, 0) is 0 Å². The molecule has 17 heavy (non-hydrogen) atoms. The maximum atomic E-state index is 13.5. The van der Waals surface area contributed by atoms with Crippen LogP contribution in [0.3, 0.4) is 0 Å². The third-order valence-corrected chi connectivity index (χ3v) is 3.63. The van der Waals surface area contributed by atoms with Crippen molar-refractivity contribution in [2.45, 2.75) is 20.8 Å². The lowest BCUT2D eigenvalue weighted by molar-refractivity contribution is 0.101. The van der Waals surface area contributed by atoms with Crippen molar-refractivity contribution in [2.75, 3.05) is 11.5 Å². The van der Waals surface area contributed by atoms with Crippen LogP contribution in [0.15, 0.2) is 12.1 Å². The lowest BCUT2D eigenvalue weighted by atomic mass is 10.1. The van der Waals surface area contributed by atoms with Gasteiger partial charge < -0.3 is 0 Å². The van der Waals surface area contributed by atoms with E-state index in [0.717, 1.165) is 5.75 Å². The monoisotopic (exact) mass is 258 g/mol. The summed E-state index contributed by atoms with van der Waals surface area (Å²) in [7, 11) is 0. The molecule has 1 rings (SSSR count). The smallest absolute Gasteiger partial charge is 0.175 e. The van der Waals surface area contributed by atoms with E-state index in [1.54, 1.807) is 0 Å². The maximum Gasteiger partial charge on any atom is 0.175 e. The first-order valence-electron chi connectivity index (χ1n) is 5.49. The van der Waals surface area contributed by atoms with Gasteiger partial charge in [0.1, 0.15) is 0 Å². The minimum Gasteiger partial charge on any atom is -0.293 e. The summed E-state index contributed by atoms with van der Waals surface area (Å²) in [5.74, 6) is -0.802. The van der Waals surface area contributed by atoms with Crippen LogP contribution in [0, 0.1) is 24.5 Å². The molecule has 0 aliphatic rings. The third kappa shape index (κ3) is 3.80. The molecule has 1 aromatic rings. The average molecular weight is 258 g/mol. The number of ketones is 1. The van der Waals surface area contributed by atoms with Gasteiger partial charge in [0.05, 0.1) is 11.3 Å². The van der Waals surface area contributed by atoms with E-state index in [0.29, 0.717) is 5.92 Å². The Morgan fingerprint density at radius 2 is 1.94 bits per heavy atom. The molecule has 1 nitrogen and oxygen atoms in total. The summed E-state index contributed by atoms with van der Waals surface area (Å²) in [6, 6.07) is 2.78. The Hall–Kier alpha value is -0.900. The molecule has 0 saturated carbocycles. The van der Waals surface area contributed by atoms with Gasteiger partial charge in [0, 0.05) is 0 Å². The fourth-order valence-corrected chi connectivity index (χ4v) is 2.26. The molecule has 0 amide bonds. The summed E-state index contributed by atoms with van der Waals surface area (Å²) in [6.07, 6.45) is 0. The van der Waals surface area contributed by atoms with E-state index in [9.17, 15) is 13.6 Å². The second-order valence-electron chi connectivity index (χ2n) is 4.39. The van der Waals surface area contributed by atoms with Gasteiger partial charge in [-0.3, -0.25) is 4.79 Å². The average Bonchev–Trinajstić information content (AvgIpc) is 2.25. The van der Waals surface area contributed by atoms with Crippen LogP contribution in [0.1, 0.15) is 29.8 Å². The van der Waals surface area contributed by atoms with E-state index < -0.39 is 11.6 Å². The number of rotatable bonds is 5. The van der Waals surface area contributed by atoms with Crippen LogP contribution < -0.4 is 0 Å². The topological polar surface area (TPSA) is 17.1 Å². The summed E-state index contributed by atoms with van der Waals surface area (Å²) >= 11 is 1.44. The van der Waals surface area contributed by atoms with Crippen LogP contribution in [0.25, 0.3) is 0 Å². The summed E-state index contributed by atoms with van der Waals surface area (Å²) in [5, 5.41) is 0. The van der Waals surface area contributed by atoms with Crippen LogP contribution in [0.2, 0.25) is 0 Å². The molecule has 0 aliphatic carbocycles. The van der Waals surface area contributed by atoms with Gasteiger partial charge in [-0.15, -0.1) is 0 Å². The zero-order valence-electron chi connectivity index (χ0n) is 10.2. The van der Waals surface area contributed by atoms with Crippen molar-refractivity contribution in [3.63, 3.8) is 0 Å². The van der Waals surface area contributed by atoms with Crippen molar-refractivity contribution in [3.05, 3.63) is 34.9 Å². The van der Waals surface area contributed by atoms with Crippen molar-refractivity contribution >= 4 is 17.5 Å². The first kappa shape index (κ1) is 14.2. The van der Waals surface area contributed by atoms with E-state index in [-0.39, 0.29) is 22.7 Å². The van der Waals surface area contributed by atoms with E-state index in [1.165, 1.54) is 30.8 Å². The fourth-order valence-electron chi connectivity index (χ4n) is 1.33. The van der Waals surface area contributed by atoms with Crippen LogP contribution in [0.5, 0.6) is 0 Å². The molecule has 0 saturated heterocycles. The van der Waals surface area contributed by atoms with Crippen LogP contribution >= 0.6 is 11.8 Å². The zero-order valence-corrected chi connectivity index (χ0v) is 11.0. The van der Waals surface area contributed by atoms with E-state index in [2.05, 4.69) is 0 Å². The molecule has 4 heteroatoms. The zero-order chi connectivity index (χ0) is 13.0. The molecule has 0 bridgehead atoms. The first-order valence-corrected chi connectivity index (χ1v) is 6.64. The number of carbonyl (C=O) groups is 1. The predicted molar refractivity (Wildman–Crippen MR) is 67.6 cm³/mol. The van der Waals surface area contributed by atoms with Gasteiger partial charge in [0.15, 0.2) is 17.4 Å². The van der Waals surface area contributed by atoms with Crippen LogP contribution in [0.4, 0.5) is 8.78 Å². The Balaban J connectivity index is 2.73.